The molecule has 7 unspecified atom stereocenters. The number of esters is 1. The number of nitrogens with two attached hydrogens (primary N) is 1. The Bertz CT molecular complexity index is 558. The molecule has 0 radical (unpaired) electrons. The third-order valence-electron chi connectivity index (χ3n) is 6.72. The maximum atomic E-state index is 13.7. The van der Waals surface area contributed by atoms with Gasteiger partial charge in [-0.25, -0.2) is 0 Å². The summed E-state index contributed by atoms with van der Waals surface area (Å²) in [6.07, 6.45) is 1.56. The minimum atomic E-state index is -1.29. The Morgan fingerprint density at radius 2 is 1.86 bits per heavy atom. The molecule has 0 spiro atoms. The molecule has 170 valence electrons. The number of carbonyl (C=O) groups is 2. The Balaban J connectivity index is 3.30. The molecule has 1 rings (SSSR count). The summed E-state index contributed by atoms with van der Waals surface area (Å²) in [6, 6.07) is 0. The van der Waals surface area contributed by atoms with E-state index in [9.17, 15) is 14.7 Å². The molecule has 1 saturated heterocycles. The first kappa shape index (κ1) is 26.1. The van der Waals surface area contributed by atoms with Crippen LogP contribution in [0.5, 0.6) is 0 Å². The van der Waals surface area contributed by atoms with Crippen LogP contribution in [0, 0.1) is 17.8 Å². The lowest BCUT2D eigenvalue weighted by atomic mass is 9.69. The molecule has 0 aromatic rings. The monoisotopic (exact) mass is 413 g/mol. The van der Waals surface area contributed by atoms with Crippen LogP contribution in [0.25, 0.3) is 0 Å². The van der Waals surface area contributed by atoms with E-state index < -0.39 is 35.4 Å². The van der Waals surface area contributed by atoms with E-state index in [4.69, 9.17) is 15.2 Å². The van der Waals surface area contributed by atoms with Crippen LogP contribution in [0.15, 0.2) is 0 Å². The summed E-state index contributed by atoms with van der Waals surface area (Å²) in [6.45, 7) is 14.8. The Labute approximate surface area is 176 Å². The van der Waals surface area contributed by atoms with Gasteiger partial charge in [0.1, 0.15) is 6.10 Å². The Morgan fingerprint density at radius 1 is 1.28 bits per heavy atom. The summed E-state index contributed by atoms with van der Waals surface area (Å²) in [5.41, 5.74) is 4.48. The molecule has 0 saturated carbocycles. The fraction of sp³-hybridized carbons (Fsp3) is 0.913. The standard InChI is InChI=1S/C23H43NO5/c1-9-12-23(24,15(5)10-2)20(26)19-17(11-3)14(4)13-18(29-19)21(22(7,8)27)28-16(6)25/h14-15,17-19,21,27H,9-13,24H2,1-8H3. The predicted molar refractivity (Wildman–Crippen MR) is 114 cm³/mol. The lowest BCUT2D eigenvalue weighted by Crippen LogP contribution is -2.62. The molecule has 1 heterocycles. The third kappa shape index (κ3) is 6.02. The number of ketones is 1. The molecule has 1 fully saturated rings. The molecule has 1 aliphatic heterocycles. The van der Waals surface area contributed by atoms with Crippen molar-refractivity contribution in [1.82, 2.24) is 0 Å². The third-order valence-corrected chi connectivity index (χ3v) is 6.72. The quantitative estimate of drug-likeness (QED) is 0.531. The van der Waals surface area contributed by atoms with Crippen LogP contribution in [-0.4, -0.2) is 46.3 Å². The Hall–Kier alpha value is -0.980. The molecule has 0 bridgehead atoms. The lowest BCUT2D eigenvalue weighted by Gasteiger charge is -2.47. The second-order valence-corrected chi connectivity index (χ2v) is 9.53. The molecule has 0 aliphatic carbocycles. The number of ether oxygens (including phenoxy) is 2. The van der Waals surface area contributed by atoms with Gasteiger partial charge in [-0.05, 0) is 44.4 Å². The predicted octanol–water partition coefficient (Wildman–Crippen LogP) is 3.62. The highest BCUT2D eigenvalue weighted by Gasteiger charge is 2.51. The van der Waals surface area contributed by atoms with E-state index in [1.165, 1.54) is 6.92 Å². The van der Waals surface area contributed by atoms with Crippen molar-refractivity contribution in [1.29, 1.82) is 0 Å². The average molecular weight is 414 g/mol. The van der Waals surface area contributed by atoms with Crippen LogP contribution in [0.3, 0.4) is 0 Å². The largest absolute Gasteiger partial charge is 0.457 e. The zero-order chi connectivity index (χ0) is 22.6. The van der Waals surface area contributed by atoms with Crippen molar-refractivity contribution in [3.8, 4) is 0 Å². The van der Waals surface area contributed by atoms with Crippen LogP contribution in [0.4, 0.5) is 0 Å². The number of hydrogen-bond donors (Lipinski definition) is 2. The van der Waals surface area contributed by atoms with E-state index in [-0.39, 0.29) is 23.5 Å². The van der Waals surface area contributed by atoms with Gasteiger partial charge in [0.05, 0.1) is 17.2 Å². The Morgan fingerprint density at radius 3 is 2.28 bits per heavy atom. The minimum Gasteiger partial charge on any atom is -0.457 e. The fourth-order valence-electron chi connectivity index (χ4n) is 4.76. The van der Waals surface area contributed by atoms with Gasteiger partial charge in [-0.2, -0.15) is 0 Å². The molecule has 7 atom stereocenters. The summed E-state index contributed by atoms with van der Waals surface area (Å²) in [5, 5.41) is 10.6. The molecular weight excluding hydrogens is 370 g/mol. The molecule has 0 amide bonds. The summed E-state index contributed by atoms with van der Waals surface area (Å²) in [7, 11) is 0. The molecule has 6 nitrogen and oxygen atoms in total. The van der Waals surface area contributed by atoms with Crippen molar-refractivity contribution in [3.63, 3.8) is 0 Å². The molecule has 0 aromatic carbocycles. The van der Waals surface area contributed by atoms with Crippen LogP contribution < -0.4 is 5.73 Å². The van der Waals surface area contributed by atoms with Crippen molar-refractivity contribution in [2.75, 3.05) is 0 Å². The summed E-state index contributed by atoms with van der Waals surface area (Å²) >= 11 is 0. The second-order valence-electron chi connectivity index (χ2n) is 9.53. The fourth-order valence-corrected chi connectivity index (χ4v) is 4.76. The zero-order valence-electron chi connectivity index (χ0n) is 19.7. The van der Waals surface area contributed by atoms with Gasteiger partial charge in [0.25, 0.3) is 0 Å². The molecule has 29 heavy (non-hydrogen) atoms. The maximum absolute atomic E-state index is 13.7. The molecule has 3 N–H and O–H groups in total. The molecule has 1 aliphatic rings. The lowest BCUT2D eigenvalue weighted by molar-refractivity contribution is -0.208. The highest BCUT2D eigenvalue weighted by molar-refractivity contribution is 5.92. The van der Waals surface area contributed by atoms with Crippen molar-refractivity contribution in [3.05, 3.63) is 0 Å². The van der Waals surface area contributed by atoms with E-state index in [1.54, 1.807) is 13.8 Å². The SMILES string of the molecule is CCCC(N)(C(=O)C1OC(C(OC(C)=O)C(C)(C)O)CC(C)C1CC)C(C)CC. The van der Waals surface area contributed by atoms with E-state index in [0.717, 1.165) is 19.3 Å². The van der Waals surface area contributed by atoms with Gasteiger partial charge in [-0.1, -0.05) is 53.9 Å². The number of rotatable bonds is 10. The molecule has 6 heteroatoms. The van der Waals surface area contributed by atoms with Gasteiger partial charge in [-0.3, -0.25) is 9.59 Å². The number of carbonyl (C=O) groups excluding carboxylic acids is 2. The highest BCUT2D eigenvalue weighted by Crippen LogP contribution is 2.40. The number of hydrogen-bond acceptors (Lipinski definition) is 6. The Kier molecular flexibility index (Phi) is 9.31. The van der Waals surface area contributed by atoms with E-state index in [1.807, 2.05) is 20.8 Å². The first-order valence-corrected chi connectivity index (χ1v) is 11.2. The van der Waals surface area contributed by atoms with Gasteiger partial charge in [0.15, 0.2) is 11.9 Å². The normalized spacial score (nSPS) is 29.6. The van der Waals surface area contributed by atoms with Crippen LogP contribution in [0.2, 0.25) is 0 Å². The van der Waals surface area contributed by atoms with Crippen LogP contribution >= 0.6 is 0 Å². The first-order valence-electron chi connectivity index (χ1n) is 11.2. The number of Topliss-reactive ketones (excluding diaryl/α,β-unsaturated/α-hetero) is 1. The van der Waals surface area contributed by atoms with Gasteiger partial charge >= 0.3 is 5.97 Å². The van der Waals surface area contributed by atoms with Gasteiger partial charge < -0.3 is 20.3 Å². The van der Waals surface area contributed by atoms with E-state index in [2.05, 4.69) is 13.8 Å². The smallest absolute Gasteiger partial charge is 0.303 e. The highest BCUT2D eigenvalue weighted by atomic mass is 16.6. The second kappa shape index (κ2) is 10.4. The average Bonchev–Trinajstić information content (AvgIpc) is 2.63. The topological polar surface area (TPSA) is 98.9 Å². The number of aliphatic hydroxyl groups is 1. The minimum absolute atomic E-state index is 0.0327. The maximum Gasteiger partial charge on any atom is 0.303 e. The van der Waals surface area contributed by atoms with Gasteiger partial charge in [0.2, 0.25) is 0 Å². The van der Waals surface area contributed by atoms with Crippen molar-refractivity contribution >= 4 is 11.8 Å². The molecular formula is C23H43NO5. The van der Waals surface area contributed by atoms with E-state index in [0.29, 0.717) is 12.8 Å². The van der Waals surface area contributed by atoms with Crippen molar-refractivity contribution < 1.29 is 24.2 Å². The van der Waals surface area contributed by atoms with Crippen molar-refractivity contribution in [2.45, 2.75) is 117 Å². The zero-order valence-corrected chi connectivity index (χ0v) is 19.7. The first-order chi connectivity index (χ1) is 13.3. The van der Waals surface area contributed by atoms with E-state index >= 15 is 0 Å². The van der Waals surface area contributed by atoms with Gasteiger partial charge in [-0.15, -0.1) is 0 Å². The summed E-state index contributed by atoms with van der Waals surface area (Å²) in [4.78, 5) is 25.4. The van der Waals surface area contributed by atoms with Crippen LogP contribution in [-0.2, 0) is 19.1 Å². The summed E-state index contributed by atoms with van der Waals surface area (Å²) < 4.78 is 11.8. The summed E-state index contributed by atoms with van der Waals surface area (Å²) in [5.74, 6) is -0.286. The molecule has 0 aromatic heterocycles. The van der Waals surface area contributed by atoms with Gasteiger partial charge in [0, 0.05) is 6.92 Å². The van der Waals surface area contributed by atoms with Crippen LogP contribution in [0.1, 0.15) is 87.5 Å². The van der Waals surface area contributed by atoms with Crippen molar-refractivity contribution in [2.24, 2.45) is 23.5 Å².